The summed E-state index contributed by atoms with van der Waals surface area (Å²) in [5.41, 5.74) is 0.355. The molecule has 2 amide bonds. The van der Waals surface area contributed by atoms with Crippen molar-refractivity contribution in [3.05, 3.63) is 46.3 Å². The number of carbonyl (C=O) groups excluding carboxylic acids is 2. The van der Waals surface area contributed by atoms with E-state index >= 15 is 0 Å². The van der Waals surface area contributed by atoms with Crippen molar-refractivity contribution in [3.8, 4) is 0 Å². The van der Waals surface area contributed by atoms with Crippen molar-refractivity contribution in [2.75, 3.05) is 26.2 Å². The summed E-state index contributed by atoms with van der Waals surface area (Å²) >= 11 is 5.75. The van der Waals surface area contributed by atoms with E-state index in [0.29, 0.717) is 43.5 Å². The zero-order valence-corrected chi connectivity index (χ0v) is 16.2. The van der Waals surface area contributed by atoms with E-state index in [4.69, 9.17) is 16.1 Å². The third-order valence-electron chi connectivity index (χ3n) is 5.45. The smallest absolute Gasteiger partial charge is 0.253 e. The van der Waals surface area contributed by atoms with Crippen LogP contribution in [0, 0.1) is 5.82 Å². The van der Waals surface area contributed by atoms with Crippen LogP contribution >= 0.6 is 11.6 Å². The van der Waals surface area contributed by atoms with E-state index in [0.717, 1.165) is 12.8 Å². The Labute approximate surface area is 166 Å². The summed E-state index contributed by atoms with van der Waals surface area (Å²) in [5, 5.41) is 4.04. The molecule has 1 aromatic carbocycles. The number of halogens is 2. The molecule has 148 valence electrons. The molecule has 2 aliphatic rings. The van der Waals surface area contributed by atoms with Gasteiger partial charge in [-0.15, -0.1) is 0 Å². The Morgan fingerprint density at radius 3 is 2.54 bits per heavy atom. The molecule has 9 heteroatoms. The van der Waals surface area contributed by atoms with E-state index < -0.39 is 5.82 Å². The van der Waals surface area contributed by atoms with Gasteiger partial charge in [-0.05, 0) is 31.0 Å². The van der Waals surface area contributed by atoms with E-state index in [9.17, 15) is 14.0 Å². The highest BCUT2D eigenvalue weighted by Crippen LogP contribution is 2.31. The SMILES string of the molecule is CC(=O)N1CCC(c2noc(C3CN(C(=O)c4ccc(F)c(Cl)c4)C3)n2)CC1. The van der Waals surface area contributed by atoms with Crippen LogP contribution in [0.25, 0.3) is 0 Å². The summed E-state index contributed by atoms with van der Waals surface area (Å²) in [7, 11) is 0. The quantitative estimate of drug-likeness (QED) is 0.783. The summed E-state index contributed by atoms with van der Waals surface area (Å²) in [5.74, 6) is 0.736. The lowest BCUT2D eigenvalue weighted by atomic mass is 9.95. The lowest BCUT2D eigenvalue weighted by Crippen LogP contribution is -2.48. The highest BCUT2D eigenvalue weighted by atomic mass is 35.5. The zero-order chi connectivity index (χ0) is 19.8. The number of nitrogens with zero attached hydrogens (tertiary/aromatic N) is 4. The standard InChI is InChI=1S/C19H20ClFN4O3/c1-11(26)24-6-4-12(5-7-24)17-22-18(28-23-17)14-9-25(10-14)19(27)13-2-3-16(21)15(20)8-13/h2-3,8,12,14H,4-7,9-10H2,1H3. The molecule has 0 aliphatic carbocycles. The molecular weight excluding hydrogens is 387 g/mol. The fourth-order valence-corrected chi connectivity index (χ4v) is 3.82. The summed E-state index contributed by atoms with van der Waals surface area (Å²) in [6, 6.07) is 3.95. The fraction of sp³-hybridized carbons (Fsp3) is 0.474. The van der Waals surface area contributed by atoms with Gasteiger partial charge in [0.2, 0.25) is 11.8 Å². The first-order valence-corrected chi connectivity index (χ1v) is 9.63. The second-order valence-electron chi connectivity index (χ2n) is 7.31. The maximum atomic E-state index is 13.3. The van der Waals surface area contributed by atoms with Crippen LogP contribution in [0.1, 0.15) is 53.7 Å². The predicted molar refractivity (Wildman–Crippen MR) is 98.6 cm³/mol. The highest BCUT2D eigenvalue weighted by molar-refractivity contribution is 6.31. The number of benzene rings is 1. The zero-order valence-electron chi connectivity index (χ0n) is 15.4. The summed E-state index contributed by atoms with van der Waals surface area (Å²) in [6.07, 6.45) is 1.64. The number of piperidine rings is 1. The van der Waals surface area contributed by atoms with E-state index in [1.54, 1.807) is 11.8 Å². The largest absolute Gasteiger partial charge is 0.343 e. The second kappa shape index (κ2) is 7.50. The molecule has 2 aliphatic heterocycles. The first kappa shape index (κ1) is 18.9. The fourth-order valence-electron chi connectivity index (χ4n) is 3.64. The van der Waals surface area contributed by atoms with Crippen molar-refractivity contribution in [1.29, 1.82) is 0 Å². The molecule has 0 spiro atoms. The van der Waals surface area contributed by atoms with Crippen molar-refractivity contribution in [2.24, 2.45) is 0 Å². The van der Waals surface area contributed by atoms with Gasteiger partial charge in [-0.25, -0.2) is 4.39 Å². The predicted octanol–water partition coefficient (Wildman–Crippen LogP) is 2.83. The van der Waals surface area contributed by atoms with Crippen LogP contribution in [0.5, 0.6) is 0 Å². The first-order valence-electron chi connectivity index (χ1n) is 9.25. The second-order valence-corrected chi connectivity index (χ2v) is 7.71. The van der Waals surface area contributed by atoms with Crippen LogP contribution < -0.4 is 0 Å². The van der Waals surface area contributed by atoms with Gasteiger partial charge < -0.3 is 14.3 Å². The monoisotopic (exact) mass is 406 g/mol. The number of rotatable bonds is 3. The van der Waals surface area contributed by atoms with Crippen molar-refractivity contribution in [2.45, 2.75) is 31.6 Å². The van der Waals surface area contributed by atoms with E-state index in [-0.39, 0.29) is 28.7 Å². The van der Waals surface area contributed by atoms with Gasteiger partial charge in [-0.2, -0.15) is 4.98 Å². The summed E-state index contributed by atoms with van der Waals surface area (Å²) < 4.78 is 18.7. The Balaban J connectivity index is 1.33. The Morgan fingerprint density at radius 1 is 1.18 bits per heavy atom. The van der Waals surface area contributed by atoms with Crippen LogP contribution in [0.3, 0.4) is 0 Å². The molecule has 3 heterocycles. The Bertz CT molecular complexity index is 904. The van der Waals surface area contributed by atoms with Crippen molar-refractivity contribution in [3.63, 3.8) is 0 Å². The Morgan fingerprint density at radius 2 is 1.89 bits per heavy atom. The molecular formula is C19H20ClFN4O3. The lowest BCUT2D eigenvalue weighted by Gasteiger charge is -2.37. The maximum Gasteiger partial charge on any atom is 0.253 e. The normalized spacial score (nSPS) is 18.2. The minimum Gasteiger partial charge on any atom is -0.343 e. The molecule has 2 aromatic rings. The molecule has 1 aromatic heterocycles. The first-order chi connectivity index (χ1) is 13.4. The van der Waals surface area contributed by atoms with Crippen LogP contribution in [0.2, 0.25) is 5.02 Å². The number of carbonyl (C=O) groups is 2. The summed E-state index contributed by atoms with van der Waals surface area (Å²) in [4.78, 5) is 31.9. The van der Waals surface area contributed by atoms with E-state index in [1.165, 1.54) is 18.2 Å². The van der Waals surface area contributed by atoms with Gasteiger partial charge in [0, 0.05) is 44.6 Å². The van der Waals surface area contributed by atoms with Crippen LogP contribution in [0.4, 0.5) is 4.39 Å². The van der Waals surface area contributed by atoms with Crippen LogP contribution in [-0.2, 0) is 4.79 Å². The summed E-state index contributed by atoms with van der Waals surface area (Å²) in [6.45, 7) is 3.93. The van der Waals surface area contributed by atoms with Gasteiger partial charge in [0.05, 0.1) is 10.9 Å². The van der Waals surface area contributed by atoms with Crippen molar-refractivity contribution in [1.82, 2.24) is 19.9 Å². The number of likely N-dealkylation sites (tertiary alicyclic amines) is 2. The van der Waals surface area contributed by atoms with Crippen LogP contribution in [-0.4, -0.2) is 57.9 Å². The van der Waals surface area contributed by atoms with Gasteiger partial charge >= 0.3 is 0 Å². The molecule has 0 atom stereocenters. The lowest BCUT2D eigenvalue weighted by molar-refractivity contribution is -0.129. The molecule has 28 heavy (non-hydrogen) atoms. The molecule has 0 bridgehead atoms. The van der Waals surface area contributed by atoms with Crippen LogP contribution in [0.15, 0.2) is 22.7 Å². The number of hydrogen-bond donors (Lipinski definition) is 0. The molecule has 0 saturated carbocycles. The molecule has 4 rings (SSSR count). The maximum absolute atomic E-state index is 13.3. The third kappa shape index (κ3) is 3.61. The van der Waals surface area contributed by atoms with Crippen molar-refractivity contribution < 1.29 is 18.5 Å². The highest BCUT2D eigenvalue weighted by Gasteiger charge is 2.37. The van der Waals surface area contributed by atoms with Crippen molar-refractivity contribution >= 4 is 23.4 Å². The van der Waals surface area contributed by atoms with Gasteiger partial charge in [0.15, 0.2) is 5.82 Å². The molecule has 2 fully saturated rings. The van der Waals surface area contributed by atoms with E-state index in [1.807, 2.05) is 4.90 Å². The molecule has 0 unspecified atom stereocenters. The Hall–Kier alpha value is -2.48. The number of aromatic nitrogens is 2. The minimum absolute atomic E-state index is 0.00145. The van der Waals surface area contributed by atoms with Gasteiger partial charge in [-0.3, -0.25) is 9.59 Å². The molecule has 0 N–H and O–H groups in total. The number of amides is 2. The average Bonchev–Trinajstić information content (AvgIpc) is 3.12. The Kier molecular flexibility index (Phi) is 5.05. The minimum atomic E-state index is -0.549. The topological polar surface area (TPSA) is 79.5 Å². The van der Waals surface area contributed by atoms with Gasteiger partial charge in [0.25, 0.3) is 5.91 Å². The molecule has 7 nitrogen and oxygen atoms in total. The van der Waals surface area contributed by atoms with Gasteiger partial charge in [-0.1, -0.05) is 16.8 Å². The third-order valence-corrected chi connectivity index (χ3v) is 5.74. The average molecular weight is 407 g/mol. The number of hydrogen-bond acceptors (Lipinski definition) is 5. The van der Waals surface area contributed by atoms with E-state index in [2.05, 4.69) is 10.1 Å². The van der Waals surface area contributed by atoms with Gasteiger partial charge in [0.1, 0.15) is 5.82 Å². The molecule has 0 radical (unpaired) electrons. The molecule has 2 saturated heterocycles.